The summed E-state index contributed by atoms with van der Waals surface area (Å²) in [6, 6.07) is 8.67. The van der Waals surface area contributed by atoms with Crippen LogP contribution in [0, 0.1) is 14.9 Å². The van der Waals surface area contributed by atoms with Crippen LogP contribution < -0.4 is 11.5 Å². The number of aromatic nitrogens is 1. The summed E-state index contributed by atoms with van der Waals surface area (Å²) in [5, 5.41) is 10.7. The number of nitrogen functional groups attached to an aromatic ring is 2. The number of nitrogens with one attached hydrogen (secondary N) is 1. The van der Waals surface area contributed by atoms with Crippen molar-refractivity contribution in [3.05, 3.63) is 51.7 Å². The van der Waals surface area contributed by atoms with E-state index in [-0.39, 0.29) is 17.2 Å². The third kappa shape index (κ3) is 2.91. The maximum absolute atomic E-state index is 10.7. The second-order valence-corrected chi connectivity index (χ2v) is 4.88. The average molecular weight is 291 g/mol. The van der Waals surface area contributed by atoms with E-state index in [2.05, 4.69) is 4.98 Å². The van der Waals surface area contributed by atoms with Gasteiger partial charge in [-0.1, -0.05) is 23.7 Å². The van der Waals surface area contributed by atoms with Crippen LogP contribution in [0.15, 0.2) is 35.2 Å². The molecular weight excluding hydrogens is 278 g/mol. The Labute approximate surface area is 118 Å². The van der Waals surface area contributed by atoms with Crippen molar-refractivity contribution in [2.24, 2.45) is 0 Å². The molecule has 0 aliphatic carbocycles. The Kier molecular flexibility index (Phi) is 3.94. The van der Waals surface area contributed by atoms with Crippen molar-refractivity contribution in [2.45, 2.75) is 11.3 Å². The fourth-order valence-corrected chi connectivity index (χ4v) is 2.18. The van der Waals surface area contributed by atoms with Crippen molar-refractivity contribution in [1.82, 2.24) is 4.98 Å². The minimum absolute atomic E-state index is 0.144. The highest BCUT2D eigenvalue weighted by molar-refractivity contribution is 7.66. The fraction of sp³-hybridized carbons (Fsp3) is 0.0833. The SMILES string of the molecule is N=[SH]c1cccc(Cc2nc(N)c([N+](=O)[O-])cc2N)c1. The third-order valence-corrected chi connectivity index (χ3v) is 3.29. The van der Waals surface area contributed by atoms with Gasteiger partial charge >= 0.3 is 5.69 Å². The molecule has 0 amide bonds. The van der Waals surface area contributed by atoms with Crippen LogP contribution in [-0.4, -0.2) is 9.91 Å². The number of pyridine rings is 1. The molecule has 1 aromatic heterocycles. The first-order valence-electron chi connectivity index (χ1n) is 5.67. The summed E-state index contributed by atoms with van der Waals surface area (Å²) in [7, 11) is 0. The number of anilines is 2. The number of hydrogen-bond donors (Lipinski definition) is 4. The van der Waals surface area contributed by atoms with Crippen LogP contribution >= 0.6 is 0 Å². The Bertz CT molecular complexity index is 690. The highest BCUT2D eigenvalue weighted by Gasteiger charge is 2.16. The monoisotopic (exact) mass is 291 g/mol. The standard InChI is InChI=1S/C12H13N5O2S/c13-9-6-11(17(18)19)12(14)16-10(9)5-7-2-1-3-8(4-7)20-15/h1-4,6,15,20H,5,13H2,(H2,14,16). The highest BCUT2D eigenvalue weighted by Crippen LogP contribution is 2.25. The van der Waals surface area contributed by atoms with E-state index in [9.17, 15) is 10.1 Å². The smallest absolute Gasteiger partial charge is 0.313 e. The normalized spacial score (nSPS) is 10.4. The highest BCUT2D eigenvalue weighted by atomic mass is 32.1. The van der Waals surface area contributed by atoms with Gasteiger partial charge in [-0.15, -0.1) is 0 Å². The molecule has 8 heteroatoms. The minimum Gasteiger partial charge on any atom is -0.397 e. The van der Waals surface area contributed by atoms with Crippen molar-refractivity contribution in [3.63, 3.8) is 0 Å². The van der Waals surface area contributed by atoms with E-state index in [0.717, 1.165) is 10.5 Å². The van der Waals surface area contributed by atoms with Gasteiger partial charge in [0.25, 0.3) is 0 Å². The molecule has 2 aromatic rings. The van der Waals surface area contributed by atoms with E-state index < -0.39 is 4.92 Å². The summed E-state index contributed by atoms with van der Waals surface area (Å²) in [6.07, 6.45) is 0.414. The summed E-state index contributed by atoms with van der Waals surface area (Å²) in [4.78, 5) is 15.0. The van der Waals surface area contributed by atoms with Crippen molar-refractivity contribution in [2.75, 3.05) is 11.5 Å². The van der Waals surface area contributed by atoms with Gasteiger partial charge in [-0.3, -0.25) is 14.9 Å². The Morgan fingerprint density at radius 1 is 1.35 bits per heavy atom. The number of nitro groups is 1. The molecule has 20 heavy (non-hydrogen) atoms. The topological polar surface area (TPSA) is 132 Å². The first-order valence-corrected chi connectivity index (χ1v) is 6.56. The van der Waals surface area contributed by atoms with Gasteiger partial charge in [0.05, 0.1) is 16.3 Å². The van der Waals surface area contributed by atoms with Gasteiger partial charge in [0.15, 0.2) is 0 Å². The van der Waals surface area contributed by atoms with Crippen molar-refractivity contribution in [3.8, 4) is 0 Å². The van der Waals surface area contributed by atoms with E-state index in [1.165, 1.54) is 6.07 Å². The summed E-state index contributed by atoms with van der Waals surface area (Å²) >= 11 is 0.426. The number of nitrogens with two attached hydrogens (primary N) is 2. The Morgan fingerprint density at radius 3 is 2.75 bits per heavy atom. The molecule has 0 aliphatic heterocycles. The van der Waals surface area contributed by atoms with Gasteiger partial charge in [0.1, 0.15) is 0 Å². The molecule has 1 aromatic carbocycles. The second-order valence-electron chi connectivity index (χ2n) is 4.14. The second kappa shape index (κ2) is 5.66. The lowest BCUT2D eigenvalue weighted by Crippen LogP contribution is -2.06. The number of benzene rings is 1. The van der Waals surface area contributed by atoms with Crippen molar-refractivity contribution >= 4 is 28.8 Å². The zero-order valence-corrected chi connectivity index (χ0v) is 11.3. The van der Waals surface area contributed by atoms with Gasteiger partial charge in [-0.2, -0.15) is 0 Å². The molecule has 0 radical (unpaired) electrons. The maximum atomic E-state index is 10.7. The molecule has 0 saturated carbocycles. The van der Waals surface area contributed by atoms with Crippen LogP contribution in [0.1, 0.15) is 11.3 Å². The first kappa shape index (κ1) is 13.9. The Hall–Kier alpha value is -2.48. The van der Waals surface area contributed by atoms with Crippen molar-refractivity contribution < 1.29 is 4.92 Å². The predicted molar refractivity (Wildman–Crippen MR) is 78.7 cm³/mol. The Balaban J connectivity index is 2.36. The van der Waals surface area contributed by atoms with Gasteiger partial charge in [-0.05, 0) is 17.7 Å². The number of rotatable bonds is 4. The molecular formula is C12H13N5O2S. The van der Waals surface area contributed by atoms with Crippen LogP contribution in [0.25, 0.3) is 0 Å². The van der Waals surface area contributed by atoms with E-state index in [1.807, 2.05) is 24.3 Å². The van der Waals surface area contributed by atoms with E-state index in [4.69, 9.17) is 16.2 Å². The van der Waals surface area contributed by atoms with Gasteiger partial charge < -0.3 is 11.5 Å². The molecule has 0 atom stereocenters. The fourth-order valence-electron chi connectivity index (χ4n) is 1.79. The summed E-state index contributed by atoms with van der Waals surface area (Å²) in [5.74, 6) is -0.144. The zero-order valence-electron chi connectivity index (χ0n) is 10.4. The quantitative estimate of drug-likeness (QED) is 0.386. The molecule has 0 fully saturated rings. The van der Waals surface area contributed by atoms with Crippen LogP contribution in [0.4, 0.5) is 17.2 Å². The zero-order chi connectivity index (χ0) is 14.7. The molecule has 0 unspecified atom stereocenters. The van der Waals surface area contributed by atoms with Crippen LogP contribution in [0.2, 0.25) is 0 Å². The summed E-state index contributed by atoms with van der Waals surface area (Å²) in [6.45, 7) is 0. The number of thiol groups is 1. The Morgan fingerprint density at radius 2 is 2.10 bits per heavy atom. The lowest BCUT2D eigenvalue weighted by Gasteiger charge is -2.07. The summed E-state index contributed by atoms with van der Waals surface area (Å²) in [5.41, 5.74) is 12.7. The number of hydrogen-bond acceptors (Lipinski definition) is 6. The minimum atomic E-state index is -0.609. The van der Waals surface area contributed by atoms with E-state index in [1.54, 1.807) is 0 Å². The summed E-state index contributed by atoms with van der Waals surface area (Å²) < 4.78 is 7.31. The van der Waals surface area contributed by atoms with E-state index >= 15 is 0 Å². The van der Waals surface area contributed by atoms with Crippen LogP contribution in [0.5, 0.6) is 0 Å². The molecule has 0 aliphatic rings. The van der Waals surface area contributed by atoms with Crippen molar-refractivity contribution in [1.29, 1.82) is 4.78 Å². The molecule has 104 valence electrons. The molecule has 7 nitrogen and oxygen atoms in total. The van der Waals surface area contributed by atoms with Crippen LogP contribution in [0.3, 0.4) is 0 Å². The molecule has 1 heterocycles. The molecule has 5 N–H and O–H groups in total. The third-order valence-electron chi connectivity index (χ3n) is 2.75. The molecule has 0 saturated heterocycles. The van der Waals surface area contributed by atoms with Crippen LogP contribution in [-0.2, 0) is 18.0 Å². The largest absolute Gasteiger partial charge is 0.397 e. The molecule has 0 spiro atoms. The van der Waals surface area contributed by atoms with Gasteiger partial charge in [-0.25, -0.2) is 4.98 Å². The van der Waals surface area contributed by atoms with Gasteiger partial charge in [0, 0.05) is 17.4 Å². The van der Waals surface area contributed by atoms with Gasteiger partial charge in [0.2, 0.25) is 5.82 Å². The molecule has 0 bridgehead atoms. The van der Waals surface area contributed by atoms with E-state index in [0.29, 0.717) is 23.7 Å². The first-order chi connectivity index (χ1) is 9.51. The average Bonchev–Trinajstić information content (AvgIpc) is 2.42. The molecule has 2 rings (SSSR count). The maximum Gasteiger partial charge on any atom is 0.313 e. The lowest BCUT2D eigenvalue weighted by atomic mass is 10.1. The number of nitrogens with zero attached hydrogens (tertiary/aromatic N) is 2. The predicted octanol–water partition coefficient (Wildman–Crippen LogP) is 1.68. The lowest BCUT2D eigenvalue weighted by molar-refractivity contribution is -0.384.